The van der Waals surface area contributed by atoms with Crippen LogP contribution in [0.3, 0.4) is 0 Å². The molecule has 2 aromatic carbocycles. The molecule has 1 atom stereocenters. The molecule has 0 aliphatic carbocycles. The minimum absolute atomic E-state index is 0.0254. The van der Waals surface area contributed by atoms with Crippen molar-refractivity contribution in [2.75, 3.05) is 0 Å². The van der Waals surface area contributed by atoms with Gasteiger partial charge in [-0.15, -0.1) is 0 Å². The van der Waals surface area contributed by atoms with Gasteiger partial charge in [-0.1, -0.05) is 60.1 Å². The number of aryl methyl sites for hydroxylation is 1. The molecule has 1 N–H and O–H groups in total. The molecule has 0 unspecified atom stereocenters. The van der Waals surface area contributed by atoms with Crippen molar-refractivity contribution >= 4 is 11.6 Å². The number of hydrogen-bond donors (Lipinski definition) is 1. The van der Waals surface area contributed by atoms with Gasteiger partial charge in [0.2, 0.25) is 0 Å². The number of aromatic nitrogens is 2. The molecule has 4 heteroatoms. The van der Waals surface area contributed by atoms with Gasteiger partial charge in [0, 0.05) is 31.0 Å². The third-order valence-electron chi connectivity index (χ3n) is 3.70. The SMILES string of the molecule is Cn1ccnc1[C@H](NCc1ccccc1Cl)c1ccccc1. The number of benzene rings is 2. The highest BCUT2D eigenvalue weighted by Crippen LogP contribution is 2.22. The average Bonchev–Trinajstić information content (AvgIpc) is 2.96. The molecule has 1 heterocycles. The molecule has 3 aromatic rings. The van der Waals surface area contributed by atoms with E-state index in [1.54, 1.807) is 0 Å². The second-order valence-electron chi connectivity index (χ2n) is 5.21. The van der Waals surface area contributed by atoms with E-state index in [9.17, 15) is 0 Å². The van der Waals surface area contributed by atoms with Crippen LogP contribution in [0.5, 0.6) is 0 Å². The van der Waals surface area contributed by atoms with Crippen molar-refractivity contribution in [3.8, 4) is 0 Å². The molecule has 0 aliphatic rings. The van der Waals surface area contributed by atoms with E-state index >= 15 is 0 Å². The number of imidazole rings is 1. The molecule has 3 nitrogen and oxygen atoms in total. The minimum atomic E-state index is 0.0254. The van der Waals surface area contributed by atoms with E-state index in [4.69, 9.17) is 11.6 Å². The zero-order valence-corrected chi connectivity index (χ0v) is 13.2. The predicted molar refractivity (Wildman–Crippen MR) is 89.8 cm³/mol. The van der Waals surface area contributed by atoms with Crippen LogP contribution in [0, 0.1) is 0 Å². The smallest absolute Gasteiger partial charge is 0.130 e. The molecule has 0 amide bonds. The second kappa shape index (κ2) is 6.77. The highest BCUT2D eigenvalue weighted by molar-refractivity contribution is 6.31. The van der Waals surface area contributed by atoms with Crippen molar-refractivity contribution in [3.05, 3.63) is 89.0 Å². The summed E-state index contributed by atoms with van der Waals surface area (Å²) in [4.78, 5) is 4.49. The summed E-state index contributed by atoms with van der Waals surface area (Å²) in [5.41, 5.74) is 2.27. The first kappa shape index (κ1) is 14.8. The molecule has 0 saturated heterocycles. The van der Waals surface area contributed by atoms with Gasteiger partial charge in [0.05, 0.1) is 6.04 Å². The van der Waals surface area contributed by atoms with Gasteiger partial charge in [-0.3, -0.25) is 5.32 Å². The Labute approximate surface area is 135 Å². The highest BCUT2D eigenvalue weighted by atomic mass is 35.5. The Kier molecular flexibility index (Phi) is 4.56. The van der Waals surface area contributed by atoms with Gasteiger partial charge < -0.3 is 4.57 Å². The summed E-state index contributed by atoms with van der Waals surface area (Å²) >= 11 is 6.25. The van der Waals surface area contributed by atoms with E-state index in [1.165, 1.54) is 5.56 Å². The monoisotopic (exact) mass is 311 g/mol. The maximum absolute atomic E-state index is 6.25. The van der Waals surface area contributed by atoms with Crippen LogP contribution in [-0.2, 0) is 13.6 Å². The van der Waals surface area contributed by atoms with Crippen LogP contribution in [-0.4, -0.2) is 9.55 Å². The lowest BCUT2D eigenvalue weighted by molar-refractivity contribution is 0.558. The van der Waals surface area contributed by atoms with Crippen molar-refractivity contribution in [2.45, 2.75) is 12.6 Å². The van der Waals surface area contributed by atoms with Crippen LogP contribution in [0.25, 0.3) is 0 Å². The maximum Gasteiger partial charge on any atom is 0.130 e. The third-order valence-corrected chi connectivity index (χ3v) is 4.07. The Balaban J connectivity index is 1.87. The lowest BCUT2D eigenvalue weighted by atomic mass is 10.1. The summed E-state index contributed by atoms with van der Waals surface area (Å²) in [6, 6.07) is 18.3. The predicted octanol–water partition coefficient (Wildman–Crippen LogP) is 3.95. The Hall–Kier alpha value is -2.10. The average molecular weight is 312 g/mol. The van der Waals surface area contributed by atoms with Gasteiger partial charge in [-0.2, -0.15) is 0 Å². The van der Waals surface area contributed by atoms with Crippen molar-refractivity contribution < 1.29 is 0 Å². The molecule has 0 fully saturated rings. The molecule has 112 valence electrons. The molecule has 0 spiro atoms. The first-order valence-electron chi connectivity index (χ1n) is 7.24. The largest absolute Gasteiger partial charge is 0.336 e. The fraction of sp³-hybridized carbons (Fsp3) is 0.167. The molecule has 0 radical (unpaired) electrons. The van der Waals surface area contributed by atoms with E-state index in [1.807, 2.05) is 66.5 Å². The first-order chi connectivity index (χ1) is 10.8. The molecule has 22 heavy (non-hydrogen) atoms. The van der Waals surface area contributed by atoms with Crippen LogP contribution in [0.2, 0.25) is 5.02 Å². The molecule has 0 saturated carbocycles. The normalized spacial score (nSPS) is 12.3. The van der Waals surface area contributed by atoms with E-state index in [0.717, 1.165) is 16.4 Å². The molecule has 0 bridgehead atoms. The van der Waals surface area contributed by atoms with Crippen LogP contribution in [0.15, 0.2) is 67.0 Å². The van der Waals surface area contributed by atoms with Crippen molar-refractivity contribution in [2.24, 2.45) is 7.05 Å². The summed E-state index contributed by atoms with van der Waals surface area (Å²) in [6.07, 6.45) is 3.78. The Morgan fingerprint density at radius 1 is 1.09 bits per heavy atom. The van der Waals surface area contributed by atoms with E-state index in [-0.39, 0.29) is 6.04 Å². The molecular formula is C18H18ClN3. The highest BCUT2D eigenvalue weighted by Gasteiger charge is 2.17. The fourth-order valence-corrected chi connectivity index (χ4v) is 2.72. The van der Waals surface area contributed by atoms with Crippen LogP contribution in [0.4, 0.5) is 0 Å². The van der Waals surface area contributed by atoms with E-state index in [0.29, 0.717) is 6.54 Å². The van der Waals surface area contributed by atoms with Crippen molar-refractivity contribution in [1.29, 1.82) is 0 Å². The number of nitrogens with zero attached hydrogens (tertiary/aromatic N) is 2. The summed E-state index contributed by atoms with van der Waals surface area (Å²) in [5.74, 6) is 0.984. The van der Waals surface area contributed by atoms with Crippen molar-refractivity contribution in [1.82, 2.24) is 14.9 Å². The summed E-state index contributed by atoms with van der Waals surface area (Å²) in [5, 5.41) is 4.35. The Bertz CT molecular complexity index is 737. The lowest BCUT2D eigenvalue weighted by Crippen LogP contribution is -2.24. The zero-order chi connectivity index (χ0) is 15.4. The van der Waals surface area contributed by atoms with Crippen LogP contribution in [0.1, 0.15) is 23.0 Å². The van der Waals surface area contributed by atoms with E-state index < -0.39 is 0 Å². The van der Waals surface area contributed by atoms with Gasteiger partial charge in [0.25, 0.3) is 0 Å². The first-order valence-corrected chi connectivity index (χ1v) is 7.62. The second-order valence-corrected chi connectivity index (χ2v) is 5.62. The van der Waals surface area contributed by atoms with Gasteiger partial charge in [-0.05, 0) is 17.2 Å². The standard InChI is InChI=1S/C18H18ClN3/c1-22-12-11-20-18(22)17(14-7-3-2-4-8-14)21-13-15-9-5-6-10-16(15)19/h2-12,17,21H,13H2,1H3/t17-/m1/s1. The van der Waals surface area contributed by atoms with Gasteiger partial charge in [0.1, 0.15) is 5.82 Å². The maximum atomic E-state index is 6.25. The van der Waals surface area contributed by atoms with Crippen LogP contribution < -0.4 is 5.32 Å². The Morgan fingerprint density at radius 2 is 1.82 bits per heavy atom. The Morgan fingerprint density at radius 3 is 2.50 bits per heavy atom. The van der Waals surface area contributed by atoms with Gasteiger partial charge >= 0.3 is 0 Å². The van der Waals surface area contributed by atoms with Gasteiger partial charge in [-0.25, -0.2) is 4.98 Å². The fourth-order valence-electron chi connectivity index (χ4n) is 2.51. The summed E-state index contributed by atoms with van der Waals surface area (Å²) < 4.78 is 2.04. The number of halogens is 1. The molecular weight excluding hydrogens is 294 g/mol. The van der Waals surface area contributed by atoms with E-state index in [2.05, 4.69) is 22.4 Å². The number of hydrogen-bond acceptors (Lipinski definition) is 2. The summed E-state index contributed by atoms with van der Waals surface area (Å²) in [7, 11) is 2.01. The zero-order valence-electron chi connectivity index (χ0n) is 12.4. The van der Waals surface area contributed by atoms with Gasteiger partial charge in [0.15, 0.2) is 0 Å². The number of rotatable bonds is 5. The minimum Gasteiger partial charge on any atom is -0.336 e. The topological polar surface area (TPSA) is 29.9 Å². The molecule has 0 aliphatic heterocycles. The van der Waals surface area contributed by atoms with Crippen LogP contribution >= 0.6 is 11.6 Å². The quantitative estimate of drug-likeness (QED) is 0.773. The molecule has 1 aromatic heterocycles. The van der Waals surface area contributed by atoms with Crippen molar-refractivity contribution in [3.63, 3.8) is 0 Å². The third kappa shape index (κ3) is 3.21. The molecule has 3 rings (SSSR count). The number of nitrogens with one attached hydrogen (secondary N) is 1. The summed E-state index contributed by atoms with van der Waals surface area (Å²) in [6.45, 7) is 0.687. The lowest BCUT2D eigenvalue weighted by Gasteiger charge is -2.19.